The molecule has 2 amide bonds. The van der Waals surface area contributed by atoms with Gasteiger partial charge in [0.25, 0.3) is 5.91 Å². The molecule has 0 spiro atoms. The third kappa shape index (κ3) is 5.66. The summed E-state index contributed by atoms with van der Waals surface area (Å²) >= 11 is 0. The maximum atomic E-state index is 12.9. The fraction of sp³-hybridized carbons (Fsp3) is 0.600. The molecule has 0 N–H and O–H groups in total. The summed E-state index contributed by atoms with van der Waals surface area (Å²) in [4.78, 5) is 27.6. The van der Waals surface area contributed by atoms with Gasteiger partial charge in [-0.3, -0.25) is 4.79 Å². The van der Waals surface area contributed by atoms with Gasteiger partial charge in [-0.2, -0.15) is 4.31 Å². The van der Waals surface area contributed by atoms with Crippen LogP contribution in [-0.4, -0.2) is 99.7 Å². The van der Waals surface area contributed by atoms with Gasteiger partial charge in [0.1, 0.15) is 5.75 Å². The van der Waals surface area contributed by atoms with Crippen LogP contribution in [0, 0.1) is 0 Å². The summed E-state index contributed by atoms with van der Waals surface area (Å²) in [5.74, 6) is 0.291. The number of amides is 2. The smallest absolute Gasteiger partial charge is 0.409 e. The molecule has 0 radical (unpaired) electrons. The van der Waals surface area contributed by atoms with Crippen molar-refractivity contribution in [2.24, 2.45) is 0 Å². The minimum atomic E-state index is -3.69. The summed E-state index contributed by atoms with van der Waals surface area (Å²) in [5, 5.41) is 0. The van der Waals surface area contributed by atoms with Crippen LogP contribution in [0.4, 0.5) is 4.79 Å². The maximum Gasteiger partial charge on any atom is 0.409 e. The molecule has 0 unspecified atom stereocenters. The summed E-state index contributed by atoms with van der Waals surface area (Å²) in [5.41, 5.74) is 0. The monoisotopic (exact) mass is 455 g/mol. The van der Waals surface area contributed by atoms with E-state index in [4.69, 9.17) is 14.2 Å². The van der Waals surface area contributed by atoms with Crippen LogP contribution < -0.4 is 4.74 Å². The molecule has 1 aromatic rings. The van der Waals surface area contributed by atoms with Crippen LogP contribution in [0.25, 0.3) is 0 Å². The van der Waals surface area contributed by atoms with Gasteiger partial charge in [0, 0.05) is 39.3 Å². The van der Waals surface area contributed by atoms with Crippen LogP contribution in [0.5, 0.6) is 5.75 Å². The number of piperazine rings is 1. The van der Waals surface area contributed by atoms with E-state index in [9.17, 15) is 18.0 Å². The van der Waals surface area contributed by atoms with Gasteiger partial charge in [-0.1, -0.05) is 0 Å². The van der Waals surface area contributed by atoms with E-state index >= 15 is 0 Å². The van der Waals surface area contributed by atoms with Gasteiger partial charge in [-0.05, 0) is 38.1 Å². The Morgan fingerprint density at radius 1 is 1.00 bits per heavy atom. The van der Waals surface area contributed by atoms with Gasteiger partial charge in [-0.15, -0.1) is 0 Å². The zero-order valence-corrected chi connectivity index (χ0v) is 18.7. The van der Waals surface area contributed by atoms with E-state index in [1.54, 1.807) is 30.9 Å². The van der Waals surface area contributed by atoms with Gasteiger partial charge < -0.3 is 24.0 Å². The number of morpholine rings is 1. The average Bonchev–Trinajstić information content (AvgIpc) is 2.79. The van der Waals surface area contributed by atoms with Crippen molar-refractivity contribution in [2.75, 3.05) is 59.1 Å². The van der Waals surface area contributed by atoms with E-state index in [0.717, 1.165) is 0 Å². The summed E-state index contributed by atoms with van der Waals surface area (Å²) in [6.07, 6.45) is -1.11. The largest absolute Gasteiger partial charge is 0.481 e. The molecule has 172 valence electrons. The molecule has 1 aromatic carbocycles. The first kappa shape index (κ1) is 23.3. The lowest BCUT2D eigenvalue weighted by Gasteiger charge is -2.33. The van der Waals surface area contributed by atoms with E-state index < -0.39 is 22.2 Å². The molecule has 10 nitrogen and oxygen atoms in total. The number of hydrogen-bond donors (Lipinski definition) is 0. The standard InChI is InChI=1S/C20H29N3O7S/c1-3-29-20(25)22-8-10-23(11-9-22)31(26,27)18-6-4-17(5-7-18)30-16(2)19(24)21-12-14-28-15-13-21/h4-7,16H,3,8-15H2,1-2H3/t16-/m1/s1. The molecule has 0 aromatic heterocycles. The summed E-state index contributed by atoms with van der Waals surface area (Å²) < 4.78 is 43.1. The third-order valence-corrected chi connectivity index (χ3v) is 7.12. The van der Waals surface area contributed by atoms with Crippen molar-refractivity contribution < 1.29 is 32.2 Å². The first-order valence-corrected chi connectivity index (χ1v) is 11.8. The van der Waals surface area contributed by atoms with Crippen LogP contribution >= 0.6 is 0 Å². The van der Waals surface area contributed by atoms with Gasteiger partial charge in [0.2, 0.25) is 10.0 Å². The minimum Gasteiger partial charge on any atom is -0.481 e. The predicted octanol–water partition coefficient (Wildman–Crippen LogP) is 0.776. The quantitative estimate of drug-likeness (QED) is 0.624. The Balaban J connectivity index is 1.57. The molecule has 3 rings (SSSR count). The van der Waals surface area contributed by atoms with Gasteiger partial charge >= 0.3 is 6.09 Å². The molecule has 31 heavy (non-hydrogen) atoms. The van der Waals surface area contributed by atoms with Crippen molar-refractivity contribution in [1.29, 1.82) is 0 Å². The van der Waals surface area contributed by atoms with Crippen molar-refractivity contribution in [1.82, 2.24) is 14.1 Å². The van der Waals surface area contributed by atoms with E-state index in [1.165, 1.54) is 21.3 Å². The number of carbonyl (C=O) groups excluding carboxylic acids is 2. The number of carbonyl (C=O) groups is 2. The lowest BCUT2D eigenvalue weighted by molar-refractivity contribution is -0.142. The Morgan fingerprint density at radius 3 is 2.19 bits per heavy atom. The first-order chi connectivity index (χ1) is 14.8. The minimum absolute atomic E-state index is 0.125. The van der Waals surface area contributed by atoms with Crippen molar-refractivity contribution in [2.45, 2.75) is 24.8 Å². The number of benzene rings is 1. The zero-order valence-electron chi connectivity index (χ0n) is 17.9. The highest BCUT2D eigenvalue weighted by molar-refractivity contribution is 7.89. The lowest BCUT2D eigenvalue weighted by Crippen LogP contribution is -2.50. The fourth-order valence-electron chi connectivity index (χ4n) is 3.46. The molecular formula is C20H29N3O7S. The Bertz CT molecular complexity index is 861. The topological polar surface area (TPSA) is 106 Å². The number of hydrogen-bond acceptors (Lipinski definition) is 7. The van der Waals surface area contributed by atoms with Gasteiger partial charge in [0.05, 0.1) is 24.7 Å². The number of rotatable bonds is 6. The van der Waals surface area contributed by atoms with Crippen LogP contribution in [0.1, 0.15) is 13.8 Å². The Kier molecular flexibility index (Phi) is 7.74. The van der Waals surface area contributed by atoms with Crippen LogP contribution in [-0.2, 0) is 24.3 Å². The average molecular weight is 456 g/mol. The van der Waals surface area contributed by atoms with Crippen molar-refractivity contribution in [3.8, 4) is 5.75 Å². The first-order valence-electron chi connectivity index (χ1n) is 10.4. The molecular weight excluding hydrogens is 426 g/mol. The van der Waals surface area contributed by atoms with E-state index in [0.29, 0.717) is 32.1 Å². The molecule has 2 fully saturated rings. The molecule has 2 heterocycles. The van der Waals surface area contributed by atoms with E-state index in [2.05, 4.69) is 0 Å². The van der Waals surface area contributed by atoms with Crippen LogP contribution in [0.3, 0.4) is 0 Å². The third-order valence-electron chi connectivity index (χ3n) is 5.21. The molecule has 0 aliphatic carbocycles. The summed E-state index contributed by atoms with van der Waals surface area (Å²) in [6.45, 7) is 6.73. The molecule has 0 saturated carbocycles. The Hall–Kier alpha value is -2.37. The highest BCUT2D eigenvalue weighted by Crippen LogP contribution is 2.22. The van der Waals surface area contributed by atoms with Crippen molar-refractivity contribution in [3.05, 3.63) is 24.3 Å². The van der Waals surface area contributed by atoms with Gasteiger partial charge in [-0.25, -0.2) is 13.2 Å². The lowest BCUT2D eigenvalue weighted by atomic mass is 10.3. The molecule has 1 atom stereocenters. The maximum absolute atomic E-state index is 12.9. The predicted molar refractivity (Wildman–Crippen MR) is 111 cm³/mol. The Morgan fingerprint density at radius 2 is 1.61 bits per heavy atom. The highest BCUT2D eigenvalue weighted by Gasteiger charge is 2.31. The second kappa shape index (κ2) is 10.3. The number of ether oxygens (including phenoxy) is 3. The summed E-state index contributed by atoms with van der Waals surface area (Å²) in [7, 11) is -3.69. The van der Waals surface area contributed by atoms with Gasteiger partial charge in [0.15, 0.2) is 6.10 Å². The normalized spacial score (nSPS) is 19.0. The number of sulfonamides is 1. The summed E-state index contributed by atoms with van der Waals surface area (Å²) in [6, 6.07) is 6.03. The molecule has 2 saturated heterocycles. The fourth-order valence-corrected chi connectivity index (χ4v) is 4.88. The number of nitrogens with zero attached hydrogens (tertiary/aromatic N) is 3. The van der Waals surface area contributed by atoms with Crippen molar-refractivity contribution in [3.63, 3.8) is 0 Å². The second-order valence-corrected chi connectivity index (χ2v) is 9.20. The molecule has 2 aliphatic rings. The SMILES string of the molecule is CCOC(=O)N1CCN(S(=O)(=O)c2ccc(O[C@H](C)C(=O)N3CCOCC3)cc2)CC1. The zero-order chi connectivity index (χ0) is 22.4. The molecule has 0 bridgehead atoms. The second-order valence-electron chi connectivity index (χ2n) is 7.26. The highest BCUT2D eigenvalue weighted by atomic mass is 32.2. The van der Waals surface area contributed by atoms with Crippen LogP contribution in [0.2, 0.25) is 0 Å². The Labute approximate surface area is 182 Å². The molecule has 2 aliphatic heterocycles. The molecule has 11 heteroatoms. The van der Waals surface area contributed by atoms with E-state index in [1.807, 2.05) is 0 Å². The van der Waals surface area contributed by atoms with Crippen molar-refractivity contribution >= 4 is 22.0 Å². The van der Waals surface area contributed by atoms with Crippen LogP contribution in [0.15, 0.2) is 29.2 Å². The van der Waals surface area contributed by atoms with E-state index in [-0.39, 0.29) is 43.6 Å².